The molecule has 0 spiro atoms. The zero-order valence-corrected chi connectivity index (χ0v) is 16.3. The van der Waals surface area contributed by atoms with Gasteiger partial charge in [-0.3, -0.25) is 29.9 Å². The molecule has 2 aromatic rings. The lowest BCUT2D eigenvalue weighted by Gasteiger charge is -2.51. The van der Waals surface area contributed by atoms with Crippen LogP contribution >= 0.6 is 0 Å². The normalized spacial score (nSPS) is 24.0. The summed E-state index contributed by atoms with van der Waals surface area (Å²) < 4.78 is 5.32. The Morgan fingerprint density at radius 3 is 2.72 bits per heavy atom. The van der Waals surface area contributed by atoms with Crippen molar-refractivity contribution >= 4 is 28.2 Å². The number of non-ortho nitro benzene ring substituents is 2. The summed E-state index contributed by atoms with van der Waals surface area (Å²) in [6.07, 6.45) is 2.09. The highest BCUT2D eigenvalue weighted by Crippen LogP contribution is 2.49. The van der Waals surface area contributed by atoms with Gasteiger partial charge < -0.3 is 9.72 Å². The smallest absolute Gasteiger partial charge is 0.311 e. The molecular formula is C19H22N4O6. The molecule has 0 radical (unpaired) electrons. The lowest BCUT2D eigenvalue weighted by atomic mass is 9.72. The zero-order valence-electron chi connectivity index (χ0n) is 16.3. The number of aromatic nitrogens is 1. The Labute approximate surface area is 166 Å². The maximum Gasteiger partial charge on any atom is 0.311 e. The highest BCUT2D eigenvalue weighted by atomic mass is 16.6. The number of nitro groups is 2. The van der Waals surface area contributed by atoms with Crippen molar-refractivity contribution in [3.05, 3.63) is 43.6 Å². The predicted octanol–water partition coefficient (Wildman–Crippen LogP) is 3.03. The monoisotopic (exact) mass is 402 g/mol. The summed E-state index contributed by atoms with van der Waals surface area (Å²) in [5.74, 6) is -0.705. The van der Waals surface area contributed by atoms with E-state index in [9.17, 15) is 25.0 Å². The molecule has 2 atom stereocenters. The van der Waals surface area contributed by atoms with E-state index in [1.165, 1.54) is 6.07 Å². The number of benzene rings is 1. The Morgan fingerprint density at radius 1 is 1.31 bits per heavy atom. The molecule has 1 saturated heterocycles. The van der Waals surface area contributed by atoms with Gasteiger partial charge in [0.15, 0.2) is 0 Å². The number of hydrogen-bond acceptors (Lipinski definition) is 7. The molecule has 1 fully saturated rings. The first kappa shape index (κ1) is 19.3. The lowest BCUT2D eigenvalue weighted by Crippen LogP contribution is -2.58. The number of ether oxygens (including phenoxy) is 1. The van der Waals surface area contributed by atoms with E-state index in [1.54, 1.807) is 6.92 Å². The largest absolute Gasteiger partial charge is 0.466 e. The molecule has 2 aliphatic rings. The summed E-state index contributed by atoms with van der Waals surface area (Å²) in [5, 5.41) is 23.3. The summed E-state index contributed by atoms with van der Waals surface area (Å²) in [6, 6.07) is 2.34. The Hall–Kier alpha value is -3.01. The quantitative estimate of drug-likeness (QED) is 0.472. The van der Waals surface area contributed by atoms with E-state index in [0.717, 1.165) is 30.3 Å². The van der Waals surface area contributed by atoms with Gasteiger partial charge in [0, 0.05) is 18.3 Å². The number of nitrogens with one attached hydrogen (secondary N) is 1. The fourth-order valence-corrected chi connectivity index (χ4v) is 5.03. The van der Waals surface area contributed by atoms with Crippen molar-refractivity contribution in [2.24, 2.45) is 5.92 Å². The number of H-pyrrole nitrogens is 1. The average Bonchev–Trinajstić information content (AvgIpc) is 3.06. The summed E-state index contributed by atoms with van der Waals surface area (Å²) >= 11 is 0. The second-order valence-corrected chi connectivity index (χ2v) is 7.71. The molecule has 1 N–H and O–H groups in total. The van der Waals surface area contributed by atoms with Crippen LogP contribution < -0.4 is 0 Å². The fraction of sp³-hybridized carbons (Fsp3) is 0.526. The number of esters is 1. The van der Waals surface area contributed by atoms with Crippen LogP contribution in [0, 0.1) is 26.1 Å². The molecule has 0 aliphatic carbocycles. The van der Waals surface area contributed by atoms with Crippen LogP contribution in [0.1, 0.15) is 37.9 Å². The number of rotatable bonds is 4. The van der Waals surface area contributed by atoms with E-state index < -0.39 is 21.3 Å². The molecule has 0 saturated carbocycles. The number of carbonyl (C=O) groups is 1. The third-order valence-electron chi connectivity index (χ3n) is 6.34. The van der Waals surface area contributed by atoms with Crippen LogP contribution in [0.5, 0.6) is 0 Å². The van der Waals surface area contributed by atoms with Crippen LogP contribution in [0.4, 0.5) is 11.4 Å². The summed E-state index contributed by atoms with van der Waals surface area (Å²) in [4.78, 5) is 39.9. The fourth-order valence-electron chi connectivity index (χ4n) is 5.03. The number of nitrogens with zero attached hydrogens (tertiary/aromatic N) is 3. The van der Waals surface area contributed by atoms with Crippen molar-refractivity contribution in [3.8, 4) is 0 Å². The SMILES string of the molecule is CCOC(=O)C1CCCN2CCc3c([nH]c4cc([N+](=O)[O-])cc([N+](=O)[O-])c34)C12C. The standard InChI is InChI=1S/C19H22N4O6/c1-3-29-18(24)13-5-4-7-21-8-6-12-16-14(20-17(12)19(13,21)2)9-11(22(25)26)10-15(16)23(27)28/h9-10,13,20H,3-8H2,1-2H3. The van der Waals surface area contributed by atoms with Gasteiger partial charge in [-0.2, -0.15) is 0 Å². The molecule has 0 amide bonds. The molecule has 10 nitrogen and oxygen atoms in total. The molecule has 29 heavy (non-hydrogen) atoms. The van der Waals surface area contributed by atoms with Crippen LogP contribution in [-0.4, -0.2) is 45.4 Å². The maximum absolute atomic E-state index is 12.7. The van der Waals surface area contributed by atoms with E-state index in [4.69, 9.17) is 4.74 Å². The van der Waals surface area contributed by atoms with Gasteiger partial charge in [-0.1, -0.05) is 0 Å². The van der Waals surface area contributed by atoms with E-state index in [2.05, 4.69) is 9.88 Å². The minimum absolute atomic E-state index is 0.280. The molecule has 2 unspecified atom stereocenters. The third-order valence-corrected chi connectivity index (χ3v) is 6.34. The van der Waals surface area contributed by atoms with Gasteiger partial charge in [0.2, 0.25) is 0 Å². The van der Waals surface area contributed by atoms with Crippen LogP contribution in [0.2, 0.25) is 0 Å². The van der Waals surface area contributed by atoms with Gasteiger partial charge in [0.1, 0.15) is 0 Å². The van der Waals surface area contributed by atoms with Crippen LogP contribution in [0.15, 0.2) is 12.1 Å². The Bertz CT molecular complexity index is 1030. The molecule has 1 aromatic heterocycles. The Balaban J connectivity index is 1.97. The van der Waals surface area contributed by atoms with Crippen molar-refractivity contribution in [2.75, 3.05) is 19.7 Å². The number of nitro benzene ring substituents is 2. The van der Waals surface area contributed by atoms with Crippen LogP contribution in [-0.2, 0) is 21.5 Å². The molecule has 4 rings (SSSR count). The number of fused-ring (bicyclic) bond motifs is 5. The predicted molar refractivity (Wildman–Crippen MR) is 104 cm³/mol. The van der Waals surface area contributed by atoms with Crippen molar-refractivity contribution < 1.29 is 19.4 Å². The van der Waals surface area contributed by atoms with Gasteiger partial charge in [0.05, 0.1) is 44.9 Å². The summed E-state index contributed by atoms with van der Waals surface area (Å²) in [6.45, 7) is 5.46. The van der Waals surface area contributed by atoms with E-state index in [-0.39, 0.29) is 24.0 Å². The molecular weight excluding hydrogens is 380 g/mol. The second kappa shape index (κ2) is 6.80. The zero-order chi connectivity index (χ0) is 20.9. The number of aromatic amines is 1. The number of carbonyl (C=O) groups excluding carboxylic acids is 1. The van der Waals surface area contributed by atoms with Gasteiger partial charge >= 0.3 is 5.97 Å². The van der Waals surface area contributed by atoms with Gasteiger partial charge in [0.25, 0.3) is 11.4 Å². The average molecular weight is 402 g/mol. The van der Waals surface area contributed by atoms with E-state index in [0.29, 0.717) is 30.3 Å². The first-order chi connectivity index (χ1) is 13.8. The van der Waals surface area contributed by atoms with Gasteiger partial charge in [-0.05, 0) is 45.2 Å². The molecule has 1 aromatic carbocycles. The van der Waals surface area contributed by atoms with Crippen molar-refractivity contribution in [3.63, 3.8) is 0 Å². The van der Waals surface area contributed by atoms with Crippen molar-refractivity contribution in [1.29, 1.82) is 0 Å². The number of piperidine rings is 1. The Kier molecular flexibility index (Phi) is 4.53. The first-order valence-corrected chi connectivity index (χ1v) is 9.68. The van der Waals surface area contributed by atoms with Gasteiger partial charge in [-0.25, -0.2) is 0 Å². The molecule has 0 bridgehead atoms. The minimum atomic E-state index is -0.709. The van der Waals surface area contributed by atoms with Gasteiger partial charge in [-0.15, -0.1) is 0 Å². The van der Waals surface area contributed by atoms with Crippen molar-refractivity contribution in [2.45, 2.75) is 38.6 Å². The first-order valence-electron chi connectivity index (χ1n) is 9.68. The third kappa shape index (κ3) is 2.78. The van der Waals surface area contributed by atoms with Crippen LogP contribution in [0.25, 0.3) is 10.9 Å². The minimum Gasteiger partial charge on any atom is -0.466 e. The molecule has 3 heterocycles. The molecule has 154 valence electrons. The lowest BCUT2D eigenvalue weighted by molar-refractivity contribution is -0.393. The molecule has 2 aliphatic heterocycles. The summed E-state index contributed by atoms with van der Waals surface area (Å²) in [7, 11) is 0. The second-order valence-electron chi connectivity index (χ2n) is 7.71. The summed E-state index contributed by atoms with van der Waals surface area (Å²) in [5.41, 5.74) is 0.506. The topological polar surface area (TPSA) is 132 Å². The van der Waals surface area contributed by atoms with Crippen molar-refractivity contribution in [1.82, 2.24) is 9.88 Å². The maximum atomic E-state index is 12.7. The molecule has 10 heteroatoms. The number of hydrogen-bond donors (Lipinski definition) is 1. The highest BCUT2D eigenvalue weighted by molar-refractivity contribution is 5.95. The van der Waals surface area contributed by atoms with E-state index >= 15 is 0 Å². The Morgan fingerprint density at radius 2 is 2.07 bits per heavy atom. The van der Waals surface area contributed by atoms with Crippen LogP contribution in [0.3, 0.4) is 0 Å². The highest BCUT2D eigenvalue weighted by Gasteiger charge is 2.52. The van der Waals surface area contributed by atoms with E-state index in [1.807, 2.05) is 6.92 Å².